The van der Waals surface area contributed by atoms with E-state index in [0.717, 1.165) is 35.5 Å². The van der Waals surface area contributed by atoms with Gasteiger partial charge in [0.15, 0.2) is 5.82 Å². The lowest BCUT2D eigenvalue weighted by Gasteiger charge is -2.26. The van der Waals surface area contributed by atoms with Gasteiger partial charge in [-0.05, 0) is 61.7 Å². The van der Waals surface area contributed by atoms with E-state index in [0.29, 0.717) is 22.2 Å². The molecular weight excluding hydrogens is 366 g/mol. The van der Waals surface area contributed by atoms with E-state index in [2.05, 4.69) is 22.0 Å². The summed E-state index contributed by atoms with van der Waals surface area (Å²) >= 11 is 0. The molecular formula is C23H21N3O3. The molecule has 146 valence electrons. The van der Waals surface area contributed by atoms with Gasteiger partial charge < -0.3 is 19.5 Å². The second-order valence-corrected chi connectivity index (χ2v) is 7.54. The first-order valence-corrected chi connectivity index (χ1v) is 9.65. The highest BCUT2D eigenvalue weighted by Crippen LogP contribution is 2.41. The molecule has 4 aromatic rings. The minimum Gasteiger partial charge on any atom is -0.508 e. The van der Waals surface area contributed by atoms with E-state index in [1.807, 2.05) is 31.2 Å². The van der Waals surface area contributed by atoms with Gasteiger partial charge in [0.25, 0.3) is 0 Å². The first kappa shape index (κ1) is 17.6. The third-order valence-electron chi connectivity index (χ3n) is 5.75. The summed E-state index contributed by atoms with van der Waals surface area (Å²) < 4.78 is 5.41. The molecule has 1 atom stereocenters. The highest BCUT2D eigenvalue weighted by atomic mass is 16.3. The Bertz CT molecular complexity index is 1230. The number of fused-ring (bicyclic) bond motifs is 2. The minimum absolute atomic E-state index is 0.0703. The highest BCUT2D eigenvalue weighted by molar-refractivity contribution is 5.93. The second-order valence-electron chi connectivity index (χ2n) is 7.54. The molecule has 0 bridgehead atoms. The largest absolute Gasteiger partial charge is 0.508 e. The van der Waals surface area contributed by atoms with Crippen molar-refractivity contribution in [3.8, 4) is 22.8 Å². The SMILES string of the molecule is Cc1cc2occc2c(O)c1-c1cc2c(nn1)N(C(C)c1cccc(O)c1)CC2. The Balaban J connectivity index is 1.54. The number of hydrogen-bond acceptors (Lipinski definition) is 6. The molecule has 0 aliphatic carbocycles. The van der Waals surface area contributed by atoms with Crippen LogP contribution in [0.3, 0.4) is 0 Å². The van der Waals surface area contributed by atoms with Crippen molar-refractivity contribution in [2.45, 2.75) is 26.3 Å². The molecule has 0 amide bonds. The van der Waals surface area contributed by atoms with E-state index in [1.54, 1.807) is 24.5 Å². The van der Waals surface area contributed by atoms with Crippen LogP contribution in [-0.4, -0.2) is 27.0 Å². The maximum atomic E-state index is 10.8. The van der Waals surface area contributed by atoms with E-state index in [9.17, 15) is 10.2 Å². The summed E-state index contributed by atoms with van der Waals surface area (Å²) in [6.45, 7) is 4.86. The van der Waals surface area contributed by atoms with Crippen molar-refractivity contribution in [1.82, 2.24) is 10.2 Å². The third kappa shape index (κ3) is 2.79. The lowest BCUT2D eigenvalue weighted by Crippen LogP contribution is -2.25. The molecule has 29 heavy (non-hydrogen) atoms. The van der Waals surface area contributed by atoms with Crippen LogP contribution in [0.5, 0.6) is 11.5 Å². The number of aromatic nitrogens is 2. The van der Waals surface area contributed by atoms with E-state index in [1.165, 1.54) is 0 Å². The number of phenols is 2. The molecule has 0 saturated heterocycles. The molecule has 3 heterocycles. The number of anilines is 1. The van der Waals surface area contributed by atoms with Crippen molar-refractivity contribution in [2.75, 3.05) is 11.4 Å². The van der Waals surface area contributed by atoms with Gasteiger partial charge in [-0.1, -0.05) is 12.1 Å². The Morgan fingerprint density at radius 2 is 1.97 bits per heavy atom. The van der Waals surface area contributed by atoms with E-state index >= 15 is 0 Å². The number of rotatable bonds is 3. The zero-order valence-corrected chi connectivity index (χ0v) is 16.3. The average Bonchev–Trinajstić information content (AvgIpc) is 3.34. The van der Waals surface area contributed by atoms with Crippen molar-refractivity contribution in [2.24, 2.45) is 0 Å². The molecule has 2 N–H and O–H groups in total. The minimum atomic E-state index is 0.0703. The number of nitrogens with zero attached hydrogens (tertiary/aromatic N) is 3. The highest BCUT2D eigenvalue weighted by Gasteiger charge is 2.28. The molecule has 2 aromatic carbocycles. The van der Waals surface area contributed by atoms with E-state index in [4.69, 9.17) is 4.42 Å². The molecule has 2 aromatic heterocycles. The summed E-state index contributed by atoms with van der Waals surface area (Å²) in [6.07, 6.45) is 2.43. The fourth-order valence-corrected chi connectivity index (χ4v) is 4.20. The molecule has 1 unspecified atom stereocenters. The second kappa shape index (κ2) is 6.51. The zero-order valence-electron chi connectivity index (χ0n) is 16.3. The van der Waals surface area contributed by atoms with Crippen molar-refractivity contribution >= 4 is 16.8 Å². The van der Waals surface area contributed by atoms with Gasteiger partial charge in [-0.2, -0.15) is 0 Å². The van der Waals surface area contributed by atoms with Crippen LogP contribution in [0.1, 0.15) is 29.7 Å². The van der Waals surface area contributed by atoms with Gasteiger partial charge in [0.05, 0.1) is 23.4 Å². The Morgan fingerprint density at radius 1 is 1.10 bits per heavy atom. The lowest BCUT2D eigenvalue weighted by atomic mass is 10.0. The molecule has 6 nitrogen and oxygen atoms in total. The molecule has 1 aliphatic heterocycles. The maximum absolute atomic E-state index is 10.8. The van der Waals surface area contributed by atoms with Crippen LogP contribution in [0.25, 0.3) is 22.2 Å². The van der Waals surface area contributed by atoms with Gasteiger partial charge in [-0.3, -0.25) is 0 Å². The van der Waals surface area contributed by atoms with Gasteiger partial charge in [0.2, 0.25) is 0 Å². The van der Waals surface area contributed by atoms with Crippen LogP contribution in [0.15, 0.2) is 53.1 Å². The first-order chi connectivity index (χ1) is 14.0. The van der Waals surface area contributed by atoms with Crippen molar-refractivity contribution in [3.63, 3.8) is 0 Å². The van der Waals surface area contributed by atoms with Crippen LogP contribution in [0.4, 0.5) is 5.82 Å². The Labute approximate surface area is 168 Å². The van der Waals surface area contributed by atoms with Crippen LogP contribution in [-0.2, 0) is 6.42 Å². The zero-order chi connectivity index (χ0) is 20.1. The predicted octanol–water partition coefficient (Wildman–Crippen LogP) is 4.73. The monoisotopic (exact) mass is 387 g/mol. The number of phenolic OH excluding ortho intramolecular Hbond substituents is 2. The van der Waals surface area contributed by atoms with Crippen LogP contribution < -0.4 is 4.90 Å². The van der Waals surface area contributed by atoms with Crippen LogP contribution in [0, 0.1) is 6.92 Å². The standard InChI is InChI=1S/C23H21N3O3/c1-13-10-20-18(7-9-29-20)22(28)21(13)19-12-16-6-8-26(23(16)25-24-19)14(2)15-4-3-5-17(27)11-15/h3-5,7,9-12,14,27-28H,6,8H2,1-2H3. The van der Waals surface area contributed by atoms with Crippen molar-refractivity contribution in [3.05, 3.63) is 65.4 Å². The van der Waals surface area contributed by atoms with Gasteiger partial charge in [-0.25, -0.2) is 0 Å². The van der Waals surface area contributed by atoms with E-state index < -0.39 is 0 Å². The third-order valence-corrected chi connectivity index (χ3v) is 5.75. The lowest BCUT2D eigenvalue weighted by molar-refractivity contribution is 0.473. The van der Waals surface area contributed by atoms with Gasteiger partial charge in [0.1, 0.15) is 17.1 Å². The van der Waals surface area contributed by atoms with Crippen LogP contribution >= 0.6 is 0 Å². The topological polar surface area (TPSA) is 82.6 Å². The normalized spacial score (nSPS) is 14.3. The number of benzene rings is 2. The summed E-state index contributed by atoms with van der Waals surface area (Å²) in [6, 6.07) is 13.1. The molecule has 1 aliphatic rings. The number of aryl methyl sites for hydroxylation is 1. The molecule has 6 heteroatoms. The number of hydrogen-bond donors (Lipinski definition) is 2. The molecule has 5 rings (SSSR count). The smallest absolute Gasteiger partial charge is 0.155 e. The maximum Gasteiger partial charge on any atom is 0.155 e. The fourth-order valence-electron chi connectivity index (χ4n) is 4.20. The number of furan rings is 1. The van der Waals surface area contributed by atoms with Crippen LogP contribution in [0.2, 0.25) is 0 Å². The fraction of sp³-hybridized carbons (Fsp3) is 0.217. The summed E-state index contributed by atoms with van der Waals surface area (Å²) in [5.74, 6) is 1.29. The molecule has 0 radical (unpaired) electrons. The average molecular weight is 387 g/mol. The van der Waals surface area contributed by atoms with Gasteiger partial charge in [0, 0.05) is 17.7 Å². The Hall–Kier alpha value is -3.54. The summed E-state index contributed by atoms with van der Waals surface area (Å²) in [4.78, 5) is 2.20. The molecule has 0 spiro atoms. The summed E-state index contributed by atoms with van der Waals surface area (Å²) in [5, 5.41) is 30.2. The Kier molecular flexibility index (Phi) is 3.94. The van der Waals surface area contributed by atoms with Crippen molar-refractivity contribution < 1.29 is 14.6 Å². The van der Waals surface area contributed by atoms with Gasteiger partial charge >= 0.3 is 0 Å². The predicted molar refractivity (Wildman–Crippen MR) is 111 cm³/mol. The Morgan fingerprint density at radius 3 is 2.79 bits per heavy atom. The van der Waals surface area contributed by atoms with E-state index in [-0.39, 0.29) is 17.5 Å². The summed E-state index contributed by atoms with van der Waals surface area (Å²) in [7, 11) is 0. The van der Waals surface area contributed by atoms with Crippen molar-refractivity contribution in [1.29, 1.82) is 0 Å². The number of aromatic hydroxyl groups is 2. The quantitative estimate of drug-likeness (QED) is 0.529. The first-order valence-electron chi connectivity index (χ1n) is 9.65. The molecule has 0 fully saturated rings. The van der Waals surface area contributed by atoms with Gasteiger partial charge in [-0.15, -0.1) is 10.2 Å². The molecule has 0 saturated carbocycles. The summed E-state index contributed by atoms with van der Waals surface area (Å²) in [5.41, 5.74) is 5.03.